The number of thiazole rings is 1. The van der Waals surface area contributed by atoms with E-state index in [1.807, 2.05) is 0 Å². The number of hydrogen-bond acceptors (Lipinski definition) is 4. The van der Waals surface area contributed by atoms with Gasteiger partial charge in [-0.05, 0) is 51.1 Å². The van der Waals surface area contributed by atoms with Crippen LogP contribution >= 0.6 is 22.9 Å². The monoisotopic (exact) mass is 367 g/mol. The summed E-state index contributed by atoms with van der Waals surface area (Å²) < 4.78 is 13.3. The molecule has 1 saturated heterocycles. The van der Waals surface area contributed by atoms with Crippen molar-refractivity contribution >= 4 is 28.8 Å². The van der Waals surface area contributed by atoms with E-state index in [0.29, 0.717) is 27.7 Å². The van der Waals surface area contributed by atoms with Crippen LogP contribution in [0, 0.1) is 12.7 Å². The summed E-state index contributed by atoms with van der Waals surface area (Å²) >= 11 is 7.12. The van der Waals surface area contributed by atoms with E-state index in [4.69, 9.17) is 11.6 Å². The van der Waals surface area contributed by atoms with Crippen molar-refractivity contribution in [2.45, 2.75) is 19.8 Å². The molecule has 0 atom stereocenters. The van der Waals surface area contributed by atoms with E-state index in [9.17, 15) is 9.18 Å². The minimum Gasteiger partial charge on any atom is -0.350 e. The lowest BCUT2D eigenvalue weighted by atomic mass is 10.2. The van der Waals surface area contributed by atoms with Gasteiger partial charge < -0.3 is 10.2 Å². The number of carbonyl (C=O) groups excluding carboxylic acids is 1. The molecule has 1 aliphatic rings. The number of rotatable bonds is 5. The summed E-state index contributed by atoms with van der Waals surface area (Å²) in [6, 6.07) is 4.46. The number of nitrogens with zero attached hydrogens (tertiary/aromatic N) is 2. The average molecular weight is 368 g/mol. The quantitative estimate of drug-likeness (QED) is 0.875. The maximum Gasteiger partial charge on any atom is 0.263 e. The highest BCUT2D eigenvalue weighted by Crippen LogP contribution is 2.30. The predicted molar refractivity (Wildman–Crippen MR) is 95.3 cm³/mol. The first-order valence-corrected chi connectivity index (χ1v) is 9.17. The Kier molecular flexibility index (Phi) is 5.48. The molecule has 0 bridgehead atoms. The van der Waals surface area contributed by atoms with Crippen molar-refractivity contribution in [2.75, 3.05) is 26.2 Å². The van der Waals surface area contributed by atoms with Crippen LogP contribution < -0.4 is 5.32 Å². The van der Waals surface area contributed by atoms with E-state index < -0.39 is 5.82 Å². The fourth-order valence-electron chi connectivity index (χ4n) is 2.77. The Labute approximate surface area is 149 Å². The van der Waals surface area contributed by atoms with Crippen LogP contribution in [0.3, 0.4) is 0 Å². The summed E-state index contributed by atoms with van der Waals surface area (Å²) in [5.41, 5.74) is 1.39. The maximum atomic E-state index is 13.3. The van der Waals surface area contributed by atoms with Gasteiger partial charge in [-0.15, -0.1) is 11.3 Å². The number of halogens is 2. The van der Waals surface area contributed by atoms with Gasteiger partial charge >= 0.3 is 0 Å². The zero-order valence-corrected chi connectivity index (χ0v) is 15.0. The standard InChI is InChI=1S/C17H19ClFN3OS/c1-11-15(16(23)20-6-9-22-7-2-3-8-22)24-17(21-11)12-4-5-14(19)13(18)10-12/h4-5,10H,2-3,6-9H2,1H3,(H,20,23). The second kappa shape index (κ2) is 7.59. The summed E-state index contributed by atoms with van der Waals surface area (Å²) in [5.74, 6) is -0.572. The third kappa shape index (κ3) is 3.94. The summed E-state index contributed by atoms with van der Waals surface area (Å²) in [6.07, 6.45) is 2.48. The minimum atomic E-state index is -0.464. The van der Waals surface area contributed by atoms with Gasteiger partial charge in [-0.3, -0.25) is 4.79 Å². The Morgan fingerprint density at radius 1 is 1.42 bits per heavy atom. The summed E-state index contributed by atoms with van der Waals surface area (Å²) in [5, 5.41) is 3.67. The SMILES string of the molecule is Cc1nc(-c2ccc(F)c(Cl)c2)sc1C(=O)NCCN1CCCC1. The molecule has 2 aromatic rings. The van der Waals surface area contributed by atoms with Crippen LogP contribution in [0.1, 0.15) is 28.2 Å². The molecule has 24 heavy (non-hydrogen) atoms. The van der Waals surface area contributed by atoms with E-state index >= 15 is 0 Å². The Morgan fingerprint density at radius 2 is 2.17 bits per heavy atom. The molecule has 0 saturated carbocycles. The normalized spacial score (nSPS) is 15.0. The van der Waals surface area contributed by atoms with Gasteiger partial charge in [0.05, 0.1) is 10.7 Å². The van der Waals surface area contributed by atoms with Gasteiger partial charge in [0.15, 0.2) is 0 Å². The van der Waals surface area contributed by atoms with Gasteiger partial charge in [-0.1, -0.05) is 11.6 Å². The molecule has 1 aliphatic heterocycles. The topological polar surface area (TPSA) is 45.2 Å². The number of nitrogens with one attached hydrogen (secondary N) is 1. The summed E-state index contributed by atoms with van der Waals surface area (Å²) in [6.45, 7) is 5.55. The number of carbonyl (C=O) groups is 1. The number of likely N-dealkylation sites (tertiary alicyclic amines) is 1. The molecule has 4 nitrogen and oxygen atoms in total. The molecule has 1 aromatic carbocycles. The fraction of sp³-hybridized carbons (Fsp3) is 0.412. The Hall–Kier alpha value is -1.50. The van der Waals surface area contributed by atoms with E-state index in [0.717, 1.165) is 19.6 Å². The molecule has 1 amide bonds. The van der Waals surface area contributed by atoms with Gasteiger partial charge in [0, 0.05) is 18.7 Å². The minimum absolute atomic E-state index is 0.0527. The first kappa shape index (κ1) is 17.3. The van der Waals surface area contributed by atoms with E-state index in [2.05, 4.69) is 15.2 Å². The van der Waals surface area contributed by atoms with Gasteiger partial charge in [-0.25, -0.2) is 9.37 Å². The largest absolute Gasteiger partial charge is 0.350 e. The highest BCUT2D eigenvalue weighted by Gasteiger charge is 2.17. The molecule has 1 aromatic heterocycles. The molecule has 0 unspecified atom stereocenters. The zero-order chi connectivity index (χ0) is 17.1. The van der Waals surface area contributed by atoms with E-state index in [1.54, 1.807) is 13.0 Å². The predicted octanol–water partition coefficient (Wildman–Crippen LogP) is 3.74. The molecule has 2 heterocycles. The highest BCUT2D eigenvalue weighted by molar-refractivity contribution is 7.17. The van der Waals surface area contributed by atoms with E-state index in [-0.39, 0.29) is 10.9 Å². The smallest absolute Gasteiger partial charge is 0.263 e. The van der Waals surface area contributed by atoms with Gasteiger partial charge in [0.25, 0.3) is 5.91 Å². The highest BCUT2D eigenvalue weighted by atomic mass is 35.5. The second-order valence-corrected chi connectivity index (χ2v) is 7.27. The van der Waals surface area contributed by atoms with Crippen LogP contribution in [0.15, 0.2) is 18.2 Å². The van der Waals surface area contributed by atoms with Crippen LogP contribution in [0.2, 0.25) is 5.02 Å². The zero-order valence-electron chi connectivity index (χ0n) is 13.4. The van der Waals surface area contributed by atoms with Crippen molar-refractivity contribution in [3.63, 3.8) is 0 Å². The second-order valence-electron chi connectivity index (χ2n) is 5.87. The molecular formula is C17H19ClFN3OS. The molecule has 0 spiro atoms. The third-order valence-electron chi connectivity index (χ3n) is 4.08. The lowest BCUT2D eigenvalue weighted by molar-refractivity contribution is 0.0953. The Bertz CT molecular complexity index is 743. The molecule has 0 radical (unpaired) electrons. The number of aromatic nitrogens is 1. The van der Waals surface area contributed by atoms with Crippen molar-refractivity contribution < 1.29 is 9.18 Å². The van der Waals surface area contributed by atoms with E-state index in [1.165, 1.54) is 36.3 Å². The Morgan fingerprint density at radius 3 is 2.88 bits per heavy atom. The van der Waals surface area contributed by atoms with Gasteiger partial charge in [-0.2, -0.15) is 0 Å². The van der Waals surface area contributed by atoms with Crippen molar-refractivity contribution in [1.82, 2.24) is 15.2 Å². The van der Waals surface area contributed by atoms with Crippen LogP contribution in [0.25, 0.3) is 10.6 Å². The van der Waals surface area contributed by atoms with Gasteiger partial charge in [0.1, 0.15) is 15.7 Å². The fourth-order valence-corrected chi connectivity index (χ4v) is 3.93. The lowest BCUT2D eigenvalue weighted by Crippen LogP contribution is -2.33. The first-order chi connectivity index (χ1) is 11.5. The average Bonchev–Trinajstić information content (AvgIpc) is 3.19. The van der Waals surface area contributed by atoms with Crippen molar-refractivity contribution in [1.29, 1.82) is 0 Å². The van der Waals surface area contributed by atoms with Crippen LogP contribution in [-0.2, 0) is 0 Å². The number of amides is 1. The maximum absolute atomic E-state index is 13.3. The number of aryl methyl sites for hydroxylation is 1. The Balaban J connectivity index is 1.66. The molecule has 3 rings (SSSR count). The number of benzene rings is 1. The molecule has 1 fully saturated rings. The molecule has 0 aliphatic carbocycles. The molecular weight excluding hydrogens is 349 g/mol. The van der Waals surface area contributed by atoms with Crippen molar-refractivity contribution in [2.24, 2.45) is 0 Å². The van der Waals surface area contributed by atoms with Crippen molar-refractivity contribution in [3.05, 3.63) is 39.6 Å². The summed E-state index contributed by atoms with van der Waals surface area (Å²) in [7, 11) is 0. The molecule has 128 valence electrons. The van der Waals surface area contributed by atoms with Crippen LogP contribution in [0.4, 0.5) is 4.39 Å². The molecule has 7 heteroatoms. The van der Waals surface area contributed by atoms with Crippen LogP contribution in [-0.4, -0.2) is 42.0 Å². The molecule has 1 N–H and O–H groups in total. The lowest BCUT2D eigenvalue weighted by Gasteiger charge is -2.14. The first-order valence-electron chi connectivity index (χ1n) is 7.98. The van der Waals surface area contributed by atoms with Crippen LogP contribution in [0.5, 0.6) is 0 Å². The van der Waals surface area contributed by atoms with Crippen molar-refractivity contribution in [3.8, 4) is 10.6 Å². The number of hydrogen-bond donors (Lipinski definition) is 1. The summed E-state index contributed by atoms with van der Waals surface area (Å²) in [4.78, 5) is 19.7. The van der Waals surface area contributed by atoms with Gasteiger partial charge in [0.2, 0.25) is 0 Å². The third-order valence-corrected chi connectivity index (χ3v) is 5.58.